The fraction of sp³-hybridized carbons (Fsp3) is 0.188. The van der Waals surface area contributed by atoms with Gasteiger partial charge >= 0.3 is 0 Å². The Balaban J connectivity index is 2.34. The lowest BCUT2D eigenvalue weighted by Gasteiger charge is -2.19. The van der Waals surface area contributed by atoms with Crippen molar-refractivity contribution < 1.29 is 9.90 Å². The van der Waals surface area contributed by atoms with Crippen molar-refractivity contribution >= 4 is 11.6 Å². The number of nitrogens with zero attached hydrogens (tertiary/aromatic N) is 1. The number of phenolic OH excluding ortho intramolecular Hbond substituents is 1. The fourth-order valence-electron chi connectivity index (χ4n) is 2.03. The predicted molar refractivity (Wildman–Crippen MR) is 76.8 cm³/mol. The molecule has 0 unspecified atom stereocenters. The Morgan fingerprint density at radius 3 is 2.37 bits per heavy atom. The maximum absolute atomic E-state index is 12.4. The maximum atomic E-state index is 12.4. The van der Waals surface area contributed by atoms with Crippen LogP contribution in [0.3, 0.4) is 0 Å². The number of anilines is 1. The number of carbonyl (C=O) groups excluding carboxylic acids is 1. The van der Waals surface area contributed by atoms with Crippen molar-refractivity contribution in [2.24, 2.45) is 0 Å². The Bertz CT molecular complexity index is 620. The molecular formula is C16H17NO2. The van der Waals surface area contributed by atoms with Crippen molar-refractivity contribution in [3.63, 3.8) is 0 Å². The van der Waals surface area contributed by atoms with Gasteiger partial charge in [-0.25, -0.2) is 0 Å². The van der Waals surface area contributed by atoms with Crippen LogP contribution in [0.25, 0.3) is 0 Å². The first-order chi connectivity index (χ1) is 9.00. The molecule has 3 nitrogen and oxygen atoms in total. The Hall–Kier alpha value is -2.29. The van der Waals surface area contributed by atoms with Crippen LogP contribution in [0.2, 0.25) is 0 Å². The Morgan fingerprint density at radius 2 is 1.74 bits per heavy atom. The molecule has 1 amide bonds. The minimum absolute atomic E-state index is 0.0857. The monoisotopic (exact) mass is 255 g/mol. The zero-order chi connectivity index (χ0) is 14.0. The zero-order valence-electron chi connectivity index (χ0n) is 11.3. The van der Waals surface area contributed by atoms with Crippen LogP contribution in [-0.2, 0) is 0 Å². The Kier molecular flexibility index (Phi) is 3.56. The first-order valence-corrected chi connectivity index (χ1v) is 6.14. The smallest absolute Gasteiger partial charge is 0.258 e. The van der Waals surface area contributed by atoms with Crippen molar-refractivity contribution in [1.82, 2.24) is 0 Å². The number of phenols is 1. The van der Waals surface area contributed by atoms with E-state index in [9.17, 15) is 9.90 Å². The van der Waals surface area contributed by atoms with Gasteiger partial charge in [-0.1, -0.05) is 18.2 Å². The molecule has 0 saturated heterocycles. The SMILES string of the molecule is Cc1cc(C(=O)N(C)c2ccccc2C)ccc1O. The summed E-state index contributed by atoms with van der Waals surface area (Å²) in [5.74, 6) is 0.118. The van der Waals surface area contributed by atoms with Crippen molar-refractivity contribution in [2.45, 2.75) is 13.8 Å². The van der Waals surface area contributed by atoms with Crippen molar-refractivity contribution in [3.05, 3.63) is 59.2 Å². The largest absolute Gasteiger partial charge is 0.508 e. The van der Waals surface area contributed by atoms with Gasteiger partial charge in [0.1, 0.15) is 5.75 Å². The van der Waals surface area contributed by atoms with Gasteiger partial charge in [-0.2, -0.15) is 0 Å². The van der Waals surface area contributed by atoms with Crippen LogP contribution >= 0.6 is 0 Å². The van der Waals surface area contributed by atoms with Crippen molar-refractivity contribution in [1.29, 1.82) is 0 Å². The summed E-state index contributed by atoms with van der Waals surface area (Å²) >= 11 is 0. The molecule has 0 atom stereocenters. The van der Waals surface area contributed by atoms with E-state index < -0.39 is 0 Å². The van der Waals surface area contributed by atoms with Crippen molar-refractivity contribution in [2.75, 3.05) is 11.9 Å². The van der Waals surface area contributed by atoms with Gasteiger partial charge in [-0.3, -0.25) is 4.79 Å². The lowest BCUT2D eigenvalue weighted by molar-refractivity contribution is 0.0993. The summed E-state index contributed by atoms with van der Waals surface area (Å²) in [5, 5.41) is 9.50. The number of para-hydroxylation sites is 1. The highest BCUT2D eigenvalue weighted by Crippen LogP contribution is 2.22. The number of aryl methyl sites for hydroxylation is 2. The molecule has 19 heavy (non-hydrogen) atoms. The highest BCUT2D eigenvalue weighted by atomic mass is 16.3. The van der Waals surface area contributed by atoms with Gasteiger partial charge in [0.2, 0.25) is 0 Å². The van der Waals surface area contributed by atoms with E-state index in [1.165, 1.54) is 0 Å². The van der Waals surface area contributed by atoms with E-state index in [4.69, 9.17) is 0 Å². The molecule has 0 aliphatic carbocycles. The standard InChI is InChI=1S/C16H17NO2/c1-11-6-4-5-7-14(11)17(3)16(19)13-8-9-15(18)12(2)10-13/h4-10,18H,1-3H3. The Morgan fingerprint density at radius 1 is 1.05 bits per heavy atom. The third kappa shape index (κ3) is 2.60. The molecule has 0 bridgehead atoms. The van der Waals surface area contributed by atoms with Gasteiger partial charge < -0.3 is 10.0 Å². The summed E-state index contributed by atoms with van der Waals surface area (Å²) in [7, 11) is 1.76. The van der Waals surface area contributed by atoms with E-state index in [1.54, 1.807) is 37.1 Å². The number of amides is 1. The molecule has 98 valence electrons. The summed E-state index contributed by atoms with van der Waals surface area (Å²) in [6.45, 7) is 3.75. The number of benzene rings is 2. The molecule has 2 aromatic rings. The van der Waals surface area contributed by atoms with E-state index in [-0.39, 0.29) is 11.7 Å². The van der Waals surface area contributed by atoms with Gasteiger partial charge in [0.25, 0.3) is 5.91 Å². The lowest BCUT2D eigenvalue weighted by atomic mass is 10.1. The number of hydrogen-bond donors (Lipinski definition) is 1. The first-order valence-electron chi connectivity index (χ1n) is 6.14. The fourth-order valence-corrected chi connectivity index (χ4v) is 2.03. The summed E-state index contributed by atoms with van der Waals surface area (Å²) in [6, 6.07) is 12.6. The molecule has 0 aliphatic rings. The highest BCUT2D eigenvalue weighted by Gasteiger charge is 2.15. The van der Waals surface area contributed by atoms with E-state index in [2.05, 4.69) is 0 Å². The first kappa shape index (κ1) is 13.1. The quantitative estimate of drug-likeness (QED) is 0.894. The van der Waals surface area contributed by atoms with Crippen LogP contribution in [-0.4, -0.2) is 18.1 Å². The predicted octanol–water partition coefficient (Wildman–Crippen LogP) is 3.29. The number of carbonyl (C=O) groups is 1. The highest BCUT2D eigenvalue weighted by molar-refractivity contribution is 6.06. The van der Waals surface area contributed by atoms with Crippen LogP contribution in [0.4, 0.5) is 5.69 Å². The molecule has 0 heterocycles. The van der Waals surface area contributed by atoms with Crippen molar-refractivity contribution in [3.8, 4) is 5.75 Å². The van der Waals surface area contributed by atoms with E-state index in [0.29, 0.717) is 11.1 Å². The van der Waals surface area contributed by atoms with Crippen LogP contribution < -0.4 is 4.90 Å². The zero-order valence-corrected chi connectivity index (χ0v) is 11.3. The molecule has 0 radical (unpaired) electrons. The van der Waals surface area contributed by atoms with E-state index >= 15 is 0 Å². The van der Waals surface area contributed by atoms with E-state index in [1.807, 2.05) is 31.2 Å². The molecule has 2 rings (SSSR count). The van der Waals surface area contributed by atoms with Gasteiger partial charge in [-0.15, -0.1) is 0 Å². The molecule has 0 fully saturated rings. The number of hydrogen-bond acceptors (Lipinski definition) is 2. The maximum Gasteiger partial charge on any atom is 0.258 e. The second kappa shape index (κ2) is 5.14. The topological polar surface area (TPSA) is 40.5 Å². The summed E-state index contributed by atoms with van der Waals surface area (Å²) in [6.07, 6.45) is 0. The van der Waals surface area contributed by atoms with Crippen LogP contribution in [0.15, 0.2) is 42.5 Å². The van der Waals surface area contributed by atoms with Crippen LogP contribution in [0.1, 0.15) is 21.5 Å². The molecular weight excluding hydrogens is 238 g/mol. The summed E-state index contributed by atoms with van der Waals surface area (Å²) in [5.41, 5.74) is 3.21. The second-order valence-corrected chi connectivity index (χ2v) is 4.65. The number of aromatic hydroxyl groups is 1. The normalized spacial score (nSPS) is 10.3. The molecule has 0 aliphatic heterocycles. The average molecular weight is 255 g/mol. The van der Waals surface area contributed by atoms with Crippen LogP contribution in [0, 0.1) is 13.8 Å². The molecule has 0 spiro atoms. The summed E-state index contributed by atoms with van der Waals surface area (Å²) < 4.78 is 0. The minimum atomic E-state index is -0.0857. The molecule has 2 aromatic carbocycles. The molecule has 0 saturated carbocycles. The van der Waals surface area contributed by atoms with Gasteiger partial charge in [0, 0.05) is 18.3 Å². The van der Waals surface area contributed by atoms with Gasteiger partial charge in [0.05, 0.1) is 0 Å². The van der Waals surface area contributed by atoms with E-state index in [0.717, 1.165) is 11.3 Å². The average Bonchev–Trinajstić information content (AvgIpc) is 2.41. The molecule has 0 aromatic heterocycles. The molecule has 1 N–H and O–H groups in total. The summed E-state index contributed by atoms with van der Waals surface area (Å²) in [4.78, 5) is 14.0. The van der Waals surface area contributed by atoms with Gasteiger partial charge in [-0.05, 0) is 49.2 Å². The Labute approximate surface area is 113 Å². The second-order valence-electron chi connectivity index (χ2n) is 4.65. The molecule has 3 heteroatoms. The lowest BCUT2D eigenvalue weighted by Crippen LogP contribution is -2.26. The minimum Gasteiger partial charge on any atom is -0.508 e. The van der Waals surface area contributed by atoms with Crippen LogP contribution in [0.5, 0.6) is 5.75 Å². The third-order valence-corrected chi connectivity index (χ3v) is 3.23. The van der Waals surface area contributed by atoms with Gasteiger partial charge in [0.15, 0.2) is 0 Å². The third-order valence-electron chi connectivity index (χ3n) is 3.23. The number of rotatable bonds is 2.